The molecule has 0 aliphatic heterocycles. The number of H-pyrrole nitrogens is 1. The fraction of sp³-hybridized carbons (Fsp3) is 0.250. The number of nitrogens with one attached hydrogen (secondary N) is 2. The van der Waals surface area contributed by atoms with Crippen molar-refractivity contribution in [1.29, 1.82) is 0 Å². The second-order valence-corrected chi connectivity index (χ2v) is 1.88. The molecule has 7 nitrogen and oxygen atoms in total. The average molecular weight is 156 g/mol. The molecule has 1 rings (SSSR count). The highest BCUT2D eigenvalue weighted by Crippen LogP contribution is 1.92. The SMILES string of the molecule is NNC(=O)Cc1nc(N)n[nH]1. The Morgan fingerprint density at radius 2 is 2.45 bits per heavy atom. The van der Waals surface area contributed by atoms with Crippen LogP contribution < -0.4 is 17.0 Å². The number of hydrazine groups is 1. The van der Waals surface area contributed by atoms with E-state index >= 15 is 0 Å². The monoisotopic (exact) mass is 156 g/mol. The van der Waals surface area contributed by atoms with E-state index in [2.05, 4.69) is 15.2 Å². The molecule has 0 fully saturated rings. The number of hydrogen-bond donors (Lipinski definition) is 4. The van der Waals surface area contributed by atoms with Crippen LogP contribution in [-0.4, -0.2) is 21.1 Å². The average Bonchev–Trinajstić information content (AvgIpc) is 2.35. The first-order chi connectivity index (χ1) is 5.22. The predicted octanol–water partition coefficient (Wildman–Crippen LogP) is -2.08. The molecule has 6 N–H and O–H groups in total. The van der Waals surface area contributed by atoms with E-state index in [0.717, 1.165) is 0 Å². The van der Waals surface area contributed by atoms with Crippen LogP contribution in [0.15, 0.2) is 0 Å². The molecule has 0 spiro atoms. The fourth-order valence-corrected chi connectivity index (χ4v) is 0.592. The molecule has 11 heavy (non-hydrogen) atoms. The molecule has 1 aromatic rings. The zero-order valence-corrected chi connectivity index (χ0v) is 5.66. The molecule has 1 amide bonds. The van der Waals surface area contributed by atoms with Crippen LogP contribution in [0.5, 0.6) is 0 Å². The lowest BCUT2D eigenvalue weighted by atomic mass is 10.4. The van der Waals surface area contributed by atoms with Gasteiger partial charge in [-0.05, 0) is 0 Å². The lowest BCUT2D eigenvalue weighted by Gasteiger charge is -1.92. The third kappa shape index (κ3) is 1.90. The van der Waals surface area contributed by atoms with Gasteiger partial charge in [-0.1, -0.05) is 0 Å². The van der Waals surface area contributed by atoms with E-state index in [0.29, 0.717) is 5.82 Å². The number of nitrogens with zero attached hydrogens (tertiary/aromatic N) is 2. The molecule has 0 radical (unpaired) electrons. The van der Waals surface area contributed by atoms with Gasteiger partial charge in [-0.2, -0.15) is 4.98 Å². The first-order valence-corrected chi connectivity index (χ1v) is 2.88. The van der Waals surface area contributed by atoms with Gasteiger partial charge in [0.15, 0.2) is 0 Å². The van der Waals surface area contributed by atoms with Crippen LogP contribution in [0, 0.1) is 0 Å². The summed E-state index contributed by atoms with van der Waals surface area (Å²) < 4.78 is 0. The van der Waals surface area contributed by atoms with Crippen molar-refractivity contribution in [2.75, 3.05) is 5.73 Å². The first-order valence-electron chi connectivity index (χ1n) is 2.88. The number of rotatable bonds is 2. The molecule has 0 aliphatic carbocycles. The molecule has 0 unspecified atom stereocenters. The Morgan fingerprint density at radius 3 is 2.91 bits per heavy atom. The minimum atomic E-state index is -0.346. The minimum absolute atomic E-state index is 0.0562. The fourth-order valence-electron chi connectivity index (χ4n) is 0.592. The highest BCUT2D eigenvalue weighted by atomic mass is 16.2. The number of carbonyl (C=O) groups excluding carboxylic acids is 1. The number of amides is 1. The molecule has 1 heterocycles. The molecular weight excluding hydrogens is 148 g/mol. The summed E-state index contributed by atoms with van der Waals surface area (Å²) in [6.45, 7) is 0. The maximum Gasteiger partial charge on any atom is 0.241 e. The van der Waals surface area contributed by atoms with Crippen LogP contribution in [-0.2, 0) is 11.2 Å². The van der Waals surface area contributed by atoms with E-state index in [9.17, 15) is 4.79 Å². The predicted molar refractivity (Wildman–Crippen MR) is 36.8 cm³/mol. The van der Waals surface area contributed by atoms with Gasteiger partial charge in [-0.25, -0.2) is 5.84 Å². The molecule has 0 atom stereocenters. The lowest BCUT2D eigenvalue weighted by Crippen LogP contribution is -2.31. The summed E-state index contributed by atoms with van der Waals surface area (Å²) in [6.07, 6.45) is 0.0562. The van der Waals surface area contributed by atoms with E-state index in [1.807, 2.05) is 5.43 Å². The lowest BCUT2D eigenvalue weighted by molar-refractivity contribution is -0.120. The van der Waals surface area contributed by atoms with Crippen LogP contribution in [0.3, 0.4) is 0 Å². The van der Waals surface area contributed by atoms with E-state index in [-0.39, 0.29) is 18.3 Å². The molecule has 0 bridgehead atoms. The van der Waals surface area contributed by atoms with Gasteiger partial charge in [-0.3, -0.25) is 15.3 Å². The van der Waals surface area contributed by atoms with E-state index < -0.39 is 0 Å². The second kappa shape index (κ2) is 2.97. The van der Waals surface area contributed by atoms with Crippen molar-refractivity contribution in [2.24, 2.45) is 5.84 Å². The molecule has 0 aromatic carbocycles. The molecule has 1 aromatic heterocycles. The summed E-state index contributed by atoms with van der Waals surface area (Å²) in [5.74, 6) is 5.00. The third-order valence-electron chi connectivity index (χ3n) is 1.04. The van der Waals surface area contributed by atoms with Gasteiger partial charge >= 0.3 is 0 Å². The first kappa shape index (κ1) is 7.48. The Bertz CT molecular complexity index is 255. The van der Waals surface area contributed by atoms with Crippen molar-refractivity contribution < 1.29 is 4.79 Å². The smallest absolute Gasteiger partial charge is 0.241 e. The van der Waals surface area contributed by atoms with E-state index in [4.69, 9.17) is 11.6 Å². The maximum atomic E-state index is 10.6. The van der Waals surface area contributed by atoms with Gasteiger partial charge in [-0.15, -0.1) is 5.10 Å². The van der Waals surface area contributed by atoms with Gasteiger partial charge in [0.2, 0.25) is 11.9 Å². The number of hydrogen-bond acceptors (Lipinski definition) is 5. The number of aromatic amines is 1. The van der Waals surface area contributed by atoms with Crippen LogP contribution in [0.1, 0.15) is 5.82 Å². The normalized spacial score (nSPS) is 9.55. The quantitative estimate of drug-likeness (QED) is 0.222. The van der Waals surface area contributed by atoms with Crippen molar-refractivity contribution >= 4 is 11.9 Å². The summed E-state index contributed by atoms with van der Waals surface area (Å²) in [5, 5.41) is 5.99. The van der Waals surface area contributed by atoms with Crippen molar-refractivity contribution in [3.8, 4) is 0 Å². The number of nitrogens with two attached hydrogens (primary N) is 2. The van der Waals surface area contributed by atoms with Crippen LogP contribution in [0.4, 0.5) is 5.95 Å². The van der Waals surface area contributed by atoms with Crippen LogP contribution >= 0.6 is 0 Å². The third-order valence-corrected chi connectivity index (χ3v) is 1.04. The van der Waals surface area contributed by atoms with Crippen molar-refractivity contribution in [3.63, 3.8) is 0 Å². The van der Waals surface area contributed by atoms with Gasteiger partial charge in [0, 0.05) is 0 Å². The standard InChI is InChI=1S/C4H8N6O/c5-4-7-2(9-10-4)1-3(11)8-6/h1,6H2,(H,8,11)(H3,5,7,9,10). The maximum absolute atomic E-state index is 10.6. The van der Waals surface area contributed by atoms with Gasteiger partial charge in [0.25, 0.3) is 0 Å². The summed E-state index contributed by atoms with van der Waals surface area (Å²) in [5.41, 5.74) is 7.13. The Hall–Kier alpha value is -1.63. The molecule has 60 valence electrons. The Kier molecular flexibility index (Phi) is 2.02. The Balaban J connectivity index is 2.57. The van der Waals surface area contributed by atoms with Crippen molar-refractivity contribution in [3.05, 3.63) is 5.82 Å². The van der Waals surface area contributed by atoms with Gasteiger partial charge < -0.3 is 5.73 Å². The van der Waals surface area contributed by atoms with E-state index in [1.165, 1.54) is 0 Å². The molecule has 0 saturated heterocycles. The largest absolute Gasteiger partial charge is 0.367 e. The molecule has 7 heteroatoms. The number of nitrogen functional groups attached to an aromatic ring is 1. The summed E-state index contributed by atoms with van der Waals surface area (Å²) >= 11 is 0. The van der Waals surface area contributed by atoms with Crippen molar-refractivity contribution in [1.82, 2.24) is 20.6 Å². The van der Waals surface area contributed by atoms with Crippen molar-refractivity contribution in [2.45, 2.75) is 6.42 Å². The summed E-state index contributed by atoms with van der Waals surface area (Å²) in [6, 6.07) is 0. The Labute approximate surface area is 62.1 Å². The number of anilines is 1. The number of aromatic nitrogens is 3. The van der Waals surface area contributed by atoms with Gasteiger partial charge in [0.1, 0.15) is 5.82 Å². The second-order valence-electron chi connectivity index (χ2n) is 1.88. The number of carbonyl (C=O) groups is 1. The Morgan fingerprint density at radius 1 is 1.73 bits per heavy atom. The van der Waals surface area contributed by atoms with Gasteiger partial charge in [0.05, 0.1) is 6.42 Å². The molecular formula is C4H8N6O. The van der Waals surface area contributed by atoms with Crippen LogP contribution in [0.2, 0.25) is 0 Å². The highest BCUT2D eigenvalue weighted by Gasteiger charge is 2.04. The molecule has 0 saturated carbocycles. The highest BCUT2D eigenvalue weighted by molar-refractivity contribution is 5.77. The van der Waals surface area contributed by atoms with Crippen LogP contribution in [0.25, 0.3) is 0 Å². The zero-order valence-electron chi connectivity index (χ0n) is 5.66. The summed E-state index contributed by atoms with van der Waals surface area (Å²) in [4.78, 5) is 14.3. The molecule has 0 aliphatic rings. The summed E-state index contributed by atoms with van der Waals surface area (Å²) in [7, 11) is 0. The zero-order chi connectivity index (χ0) is 8.27. The van der Waals surface area contributed by atoms with E-state index in [1.54, 1.807) is 0 Å². The minimum Gasteiger partial charge on any atom is -0.367 e. The topological polar surface area (TPSA) is 123 Å².